The van der Waals surface area contributed by atoms with E-state index in [1.54, 1.807) is 11.3 Å². The molecular weight excluding hydrogens is 244 g/mol. The molecule has 0 spiro atoms. The first kappa shape index (κ1) is 11.1. The minimum atomic E-state index is 0.787. The molecule has 18 heavy (non-hydrogen) atoms. The maximum Gasteiger partial charge on any atom is 0.191 e. The van der Waals surface area contributed by atoms with Gasteiger partial charge in [0.15, 0.2) is 5.82 Å². The lowest BCUT2D eigenvalue weighted by Gasteiger charge is -1.97. The number of H-pyrrole nitrogens is 1. The van der Waals surface area contributed by atoms with Crippen LogP contribution >= 0.6 is 11.3 Å². The van der Waals surface area contributed by atoms with Crippen molar-refractivity contribution in [3.63, 3.8) is 0 Å². The molecule has 0 bridgehead atoms. The molecule has 90 valence electrons. The summed E-state index contributed by atoms with van der Waals surface area (Å²) in [6.07, 6.45) is 5.43. The second kappa shape index (κ2) is 5.10. The van der Waals surface area contributed by atoms with Gasteiger partial charge in [-0.1, -0.05) is 6.07 Å². The molecule has 5 heteroatoms. The Hall–Kier alpha value is -2.01. The molecule has 3 aromatic rings. The van der Waals surface area contributed by atoms with Crippen LogP contribution in [0.15, 0.2) is 42.0 Å². The Morgan fingerprint density at radius 1 is 1.11 bits per heavy atom. The van der Waals surface area contributed by atoms with Crippen LogP contribution in [-0.4, -0.2) is 20.2 Å². The van der Waals surface area contributed by atoms with E-state index >= 15 is 0 Å². The Morgan fingerprint density at radius 2 is 2.00 bits per heavy atom. The van der Waals surface area contributed by atoms with Crippen molar-refractivity contribution < 1.29 is 0 Å². The van der Waals surface area contributed by atoms with Gasteiger partial charge in [0.05, 0.1) is 4.88 Å². The van der Waals surface area contributed by atoms with E-state index in [0.717, 1.165) is 29.4 Å². The Balaban J connectivity index is 1.68. The van der Waals surface area contributed by atoms with Crippen molar-refractivity contribution in [2.45, 2.75) is 12.8 Å². The number of thiophene rings is 1. The Morgan fingerprint density at radius 3 is 2.78 bits per heavy atom. The molecule has 0 aliphatic heterocycles. The molecule has 0 aliphatic carbocycles. The van der Waals surface area contributed by atoms with Gasteiger partial charge in [0.25, 0.3) is 0 Å². The topological polar surface area (TPSA) is 54.5 Å². The largest absolute Gasteiger partial charge is 0.265 e. The molecule has 3 heterocycles. The lowest BCUT2D eigenvalue weighted by atomic mass is 10.1. The summed E-state index contributed by atoms with van der Waals surface area (Å²) in [5.74, 6) is 1.71. The highest BCUT2D eigenvalue weighted by Crippen LogP contribution is 2.20. The predicted octanol–water partition coefficient (Wildman–Crippen LogP) is 2.71. The molecule has 0 aromatic carbocycles. The van der Waals surface area contributed by atoms with Crippen LogP contribution in [0.5, 0.6) is 0 Å². The van der Waals surface area contributed by atoms with Crippen molar-refractivity contribution in [3.8, 4) is 10.7 Å². The van der Waals surface area contributed by atoms with Crippen molar-refractivity contribution in [1.29, 1.82) is 0 Å². The number of hydrogen-bond donors (Lipinski definition) is 1. The van der Waals surface area contributed by atoms with E-state index in [9.17, 15) is 0 Å². The quantitative estimate of drug-likeness (QED) is 0.781. The molecule has 3 rings (SSSR count). The predicted molar refractivity (Wildman–Crippen MR) is 71.3 cm³/mol. The molecule has 4 nitrogen and oxygen atoms in total. The van der Waals surface area contributed by atoms with Gasteiger partial charge in [0.1, 0.15) is 5.82 Å². The first-order valence-electron chi connectivity index (χ1n) is 5.76. The van der Waals surface area contributed by atoms with Gasteiger partial charge in [-0.2, -0.15) is 5.10 Å². The third-order valence-corrected chi connectivity index (χ3v) is 3.54. The number of pyridine rings is 1. The molecule has 3 aromatic heterocycles. The molecule has 0 amide bonds. The molecule has 0 unspecified atom stereocenters. The second-order valence-electron chi connectivity index (χ2n) is 3.94. The van der Waals surface area contributed by atoms with Crippen molar-refractivity contribution in [2.75, 3.05) is 0 Å². The highest BCUT2D eigenvalue weighted by Gasteiger charge is 2.06. The van der Waals surface area contributed by atoms with Gasteiger partial charge in [-0.15, -0.1) is 11.3 Å². The van der Waals surface area contributed by atoms with Gasteiger partial charge < -0.3 is 0 Å². The zero-order chi connectivity index (χ0) is 12.2. The summed E-state index contributed by atoms with van der Waals surface area (Å²) in [6.45, 7) is 0. The fourth-order valence-electron chi connectivity index (χ4n) is 1.74. The first-order chi connectivity index (χ1) is 8.92. The number of aromatic nitrogens is 4. The zero-order valence-electron chi connectivity index (χ0n) is 9.71. The summed E-state index contributed by atoms with van der Waals surface area (Å²) in [5.41, 5.74) is 1.26. The highest BCUT2D eigenvalue weighted by atomic mass is 32.1. The molecular formula is C13H12N4S. The highest BCUT2D eigenvalue weighted by molar-refractivity contribution is 7.13. The summed E-state index contributed by atoms with van der Waals surface area (Å²) < 4.78 is 0. The van der Waals surface area contributed by atoms with E-state index in [2.05, 4.69) is 20.2 Å². The molecule has 0 aliphatic rings. The number of rotatable bonds is 4. The van der Waals surface area contributed by atoms with E-state index in [0.29, 0.717) is 0 Å². The number of aryl methyl sites for hydroxylation is 2. The molecule has 0 radical (unpaired) electrons. The van der Waals surface area contributed by atoms with E-state index in [1.807, 2.05) is 42.0 Å². The number of hydrogen-bond acceptors (Lipinski definition) is 4. The minimum absolute atomic E-state index is 0.787. The van der Waals surface area contributed by atoms with Gasteiger partial charge in [-0.3, -0.25) is 10.1 Å². The summed E-state index contributed by atoms with van der Waals surface area (Å²) in [6, 6.07) is 8.08. The van der Waals surface area contributed by atoms with Gasteiger partial charge in [-0.05, 0) is 35.6 Å². The Labute approximate surface area is 109 Å². The van der Waals surface area contributed by atoms with Crippen LogP contribution in [0.2, 0.25) is 0 Å². The second-order valence-corrected chi connectivity index (χ2v) is 4.89. The third-order valence-electron chi connectivity index (χ3n) is 2.67. The molecule has 0 atom stereocenters. The van der Waals surface area contributed by atoms with E-state index < -0.39 is 0 Å². The normalized spacial score (nSPS) is 10.7. The maximum absolute atomic E-state index is 4.50. The van der Waals surface area contributed by atoms with E-state index in [4.69, 9.17) is 0 Å². The number of nitrogens with one attached hydrogen (secondary N) is 1. The SMILES string of the molecule is c1csc(-c2n[nH]c(CCc3ccncc3)n2)c1. The fourth-order valence-corrected chi connectivity index (χ4v) is 2.39. The molecule has 1 N–H and O–H groups in total. The van der Waals surface area contributed by atoms with Crippen LogP contribution in [0.4, 0.5) is 0 Å². The average molecular weight is 256 g/mol. The number of nitrogens with zero attached hydrogens (tertiary/aromatic N) is 3. The van der Waals surface area contributed by atoms with Crippen molar-refractivity contribution >= 4 is 11.3 Å². The average Bonchev–Trinajstić information content (AvgIpc) is 3.08. The fraction of sp³-hybridized carbons (Fsp3) is 0.154. The maximum atomic E-state index is 4.50. The van der Waals surface area contributed by atoms with Gasteiger partial charge >= 0.3 is 0 Å². The minimum Gasteiger partial charge on any atom is -0.265 e. The summed E-state index contributed by atoms with van der Waals surface area (Å²) >= 11 is 1.65. The van der Waals surface area contributed by atoms with Crippen molar-refractivity contribution in [3.05, 3.63) is 53.4 Å². The Kier molecular flexibility index (Phi) is 3.14. The van der Waals surface area contributed by atoms with Crippen LogP contribution < -0.4 is 0 Å². The van der Waals surface area contributed by atoms with Crippen molar-refractivity contribution in [1.82, 2.24) is 20.2 Å². The lowest BCUT2D eigenvalue weighted by Crippen LogP contribution is -1.93. The molecule has 0 saturated heterocycles. The first-order valence-corrected chi connectivity index (χ1v) is 6.64. The lowest BCUT2D eigenvalue weighted by molar-refractivity contribution is 0.863. The van der Waals surface area contributed by atoms with Gasteiger partial charge in [0.2, 0.25) is 0 Å². The molecule has 0 fully saturated rings. The third kappa shape index (κ3) is 2.46. The Bertz CT molecular complexity index is 601. The number of aromatic amines is 1. The van der Waals surface area contributed by atoms with E-state index in [-0.39, 0.29) is 0 Å². The zero-order valence-corrected chi connectivity index (χ0v) is 10.5. The monoisotopic (exact) mass is 256 g/mol. The van der Waals surface area contributed by atoms with E-state index in [1.165, 1.54) is 5.56 Å². The van der Waals surface area contributed by atoms with Crippen molar-refractivity contribution in [2.24, 2.45) is 0 Å². The van der Waals surface area contributed by atoms with Crippen LogP contribution in [0.25, 0.3) is 10.7 Å². The van der Waals surface area contributed by atoms with Crippen LogP contribution in [0.1, 0.15) is 11.4 Å². The van der Waals surface area contributed by atoms with Gasteiger partial charge in [0, 0.05) is 18.8 Å². The van der Waals surface area contributed by atoms with Gasteiger partial charge in [-0.25, -0.2) is 4.98 Å². The standard InChI is InChI=1S/C13H12N4S/c1-2-11(18-9-1)13-15-12(16-17-13)4-3-10-5-7-14-8-6-10/h1-2,5-9H,3-4H2,(H,15,16,17). The van der Waals surface area contributed by atoms with Crippen LogP contribution in [0, 0.1) is 0 Å². The summed E-state index contributed by atoms with van der Waals surface area (Å²) in [7, 11) is 0. The van der Waals surface area contributed by atoms with Crippen LogP contribution in [-0.2, 0) is 12.8 Å². The molecule has 0 saturated carbocycles. The summed E-state index contributed by atoms with van der Waals surface area (Å²) in [5, 5.41) is 9.26. The smallest absolute Gasteiger partial charge is 0.191 e. The summed E-state index contributed by atoms with van der Waals surface area (Å²) in [4.78, 5) is 9.60. The van der Waals surface area contributed by atoms with Crippen LogP contribution in [0.3, 0.4) is 0 Å².